The standard InChI is InChI=1S/C9H10INO3/c10-6-3-1-2-5(4-6)7(12)8(13)9(11)14/h1-4,7-8,12-13H,(H2,11,14). The van der Waals surface area contributed by atoms with E-state index in [9.17, 15) is 15.0 Å². The van der Waals surface area contributed by atoms with Crippen molar-refractivity contribution in [1.82, 2.24) is 0 Å². The number of nitrogens with two attached hydrogens (primary N) is 1. The second-order valence-corrected chi connectivity index (χ2v) is 4.09. The number of benzene rings is 1. The van der Waals surface area contributed by atoms with Crippen molar-refractivity contribution in [3.05, 3.63) is 33.4 Å². The molecular formula is C9H10INO3. The van der Waals surface area contributed by atoms with Crippen LogP contribution in [-0.2, 0) is 4.79 Å². The number of hydrogen-bond donors (Lipinski definition) is 3. The summed E-state index contributed by atoms with van der Waals surface area (Å²) in [5, 5.41) is 18.7. The van der Waals surface area contributed by atoms with Crippen LogP contribution in [0.4, 0.5) is 0 Å². The molecule has 5 heteroatoms. The lowest BCUT2D eigenvalue weighted by Gasteiger charge is -2.15. The van der Waals surface area contributed by atoms with Gasteiger partial charge in [-0.25, -0.2) is 0 Å². The van der Waals surface area contributed by atoms with Crippen molar-refractivity contribution >= 4 is 28.5 Å². The molecule has 0 fully saturated rings. The fourth-order valence-electron chi connectivity index (χ4n) is 1.03. The van der Waals surface area contributed by atoms with Crippen LogP contribution in [0, 0.1) is 3.57 Å². The molecule has 14 heavy (non-hydrogen) atoms. The monoisotopic (exact) mass is 307 g/mol. The van der Waals surface area contributed by atoms with Crippen molar-refractivity contribution in [2.45, 2.75) is 12.2 Å². The van der Waals surface area contributed by atoms with Crippen LogP contribution in [0.5, 0.6) is 0 Å². The van der Waals surface area contributed by atoms with Crippen LogP contribution in [0.15, 0.2) is 24.3 Å². The zero-order valence-electron chi connectivity index (χ0n) is 7.22. The molecule has 0 aromatic heterocycles. The second-order valence-electron chi connectivity index (χ2n) is 2.85. The molecular weight excluding hydrogens is 297 g/mol. The first kappa shape index (κ1) is 11.4. The molecule has 4 N–H and O–H groups in total. The average molecular weight is 307 g/mol. The maximum Gasteiger partial charge on any atom is 0.249 e. The Morgan fingerprint density at radius 1 is 1.43 bits per heavy atom. The van der Waals surface area contributed by atoms with E-state index >= 15 is 0 Å². The van der Waals surface area contributed by atoms with E-state index in [4.69, 9.17) is 5.73 Å². The third-order valence-corrected chi connectivity index (χ3v) is 2.45. The zero-order chi connectivity index (χ0) is 10.7. The van der Waals surface area contributed by atoms with Gasteiger partial charge in [0, 0.05) is 3.57 Å². The van der Waals surface area contributed by atoms with E-state index in [0.717, 1.165) is 3.57 Å². The SMILES string of the molecule is NC(=O)C(O)C(O)c1cccc(I)c1. The minimum absolute atomic E-state index is 0.475. The predicted octanol–water partition coefficient (Wildman–Crippen LogP) is 0.171. The van der Waals surface area contributed by atoms with Gasteiger partial charge >= 0.3 is 0 Å². The molecule has 2 unspecified atom stereocenters. The molecule has 0 saturated heterocycles. The highest BCUT2D eigenvalue weighted by Crippen LogP contribution is 2.18. The number of carbonyl (C=O) groups is 1. The fraction of sp³-hybridized carbons (Fsp3) is 0.222. The molecule has 0 spiro atoms. The Morgan fingerprint density at radius 2 is 2.07 bits per heavy atom. The summed E-state index contributed by atoms with van der Waals surface area (Å²) in [4.78, 5) is 10.6. The predicted molar refractivity (Wildman–Crippen MR) is 59.3 cm³/mol. The van der Waals surface area contributed by atoms with E-state index in [1.54, 1.807) is 18.2 Å². The lowest BCUT2D eigenvalue weighted by molar-refractivity contribution is -0.131. The molecule has 0 aliphatic heterocycles. The van der Waals surface area contributed by atoms with Gasteiger partial charge in [-0.15, -0.1) is 0 Å². The molecule has 0 aliphatic rings. The molecule has 1 amide bonds. The minimum atomic E-state index is -1.56. The third-order valence-electron chi connectivity index (χ3n) is 1.78. The zero-order valence-corrected chi connectivity index (χ0v) is 9.38. The topological polar surface area (TPSA) is 83.6 Å². The van der Waals surface area contributed by atoms with Gasteiger partial charge in [-0.2, -0.15) is 0 Å². The quantitative estimate of drug-likeness (QED) is 0.696. The molecule has 2 atom stereocenters. The van der Waals surface area contributed by atoms with Crippen molar-refractivity contribution in [3.8, 4) is 0 Å². The highest BCUT2D eigenvalue weighted by molar-refractivity contribution is 14.1. The van der Waals surface area contributed by atoms with Crippen molar-refractivity contribution in [2.24, 2.45) is 5.73 Å². The molecule has 0 aliphatic carbocycles. The van der Waals surface area contributed by atoms with Gasteiger partial charge in [0.1, 0.15) is 6.10 Å². The molecule has 0 bridgehead atoms. The summed E-state index contributed by atoms with van der Waals surface area (Å²) < 4.78 is 0.913. The van der Waals surface area contributed by atoms with E-state index in [1.807, 2.05) is 6.07 Å². The summed E-state index contributed by atoms with van der Waals surface area (Å²) in [6.07, 6.45) is -2.82. The first-order chi connectivity index (χ1) is 6.52. The molecule has 0 radical (unpaired) electrons. The second kappa shape index (κ2) is 4.72. The summed E-state index contributed by atoms with van der Waals surface area (Å²) in [6.45, 7) is 0. The fourth-order valence-corrected chi connectivity index (χ4v) is 1.60. The first-order valence-electron chi connectivity index (χ1n) is 3.93. The lowest BCUT2D eigenvalue weighted by Crippen LogP contribution is -2.33. The molecule has 1 aromatic carbocycles. The smallest absolute Gasteiger partial charge is 0.249 e. The normalized spacial score (nSPS) is 14.8. The molecule has 4 nitrogen and oxygen atoms in total. The summed E-state index contributed by atoms with van der Waals surface area (Å²) in [6, 6.07) is 6.87. The highest BCUT2D eigenvalue weighted by atomic mass is 127. The van der Waals surface area contributed by atoms with Crippen LogP contribution in [0.1, 0.15) is 11.7 Å². The van der Waals surface area contributed by atoms with Gasteiger partial charge in [0.05, 0.1) is 0 Å². The number of rotatable bonds is 3. The molecule has 0 heterocycles. The Hall–Kier alpha value is -0.660. The summed E-state index contributed by atoms with van der Waals surface area (Å²) in [7, 11) is 0. The van der Waals surface area contributed by atoms with Crippen molar-refractivity contribution in [2.75, 3.05) is 0 Å². The molecule has 1 aromatic rings. The Balaban J connectivity index is 2.89. The van der Waals surface area contributed by atoms with Crippen LogP contribution in [-0.4, -0.2) is 22.2 Å². The number of halogens is 1. The number of aliphatic hydroxyl groups is 2. The molecule has 1 rings (SSSR count). The Kier molecular flexibility index (Phi) is 3.85. The van der Waals surface area contributed by atoms with Crippen LogP contribution < -0.4 is 5.73 Å². The maximum absolute atomic E-state index is 10.6. The van der Waals surface area contributed by atoms with Crippen molar-refractivity contribution in [1.29, 1.82) is 0 Å². The van der Waals surface area contributed by atoms with Crippen LogP contribution in [0.3, 0.4) is 0 Å². The van der Waals surface area contributed by atoms with E-state index in [1.165, 1.54) is 0 Å². The van der Waals surface area contributed by atoms with Gasteiger partial charge in [-0.1, -0.05) is 12.1 Å². The summed E-state index contributed by atoms with van der Waals surface area (Å²) >= 11 is 2.07. The number of carbonyl (C=O) groups excluding carboxylic acids is 1. The van der Waals surface area contributed by atoms with Crippen LogP contribution in [0.2, 0.25) is 0 Å². The van der Waals surface area contributed by atoms with E-state index in [2.05, 4.69) is 22.6 Å². The van der Waals surface area contributed by atoms with E-state index < -0.39 is 18.1 Å². The van der Waals surface area contributed by atoms with Crippen molar-refractivity contribution in [3.63, 3.8) is 0 Å². The van der Waals surface area contributed by atoms with E-state index in [0.29, 0.717) is 5.56 Å². The van der Waals surface area contributed by atoms with Gasteiger partial charge in [0.15, 0.2) is 6.10 Å². The minimum Gasteiger partial charge on any atom is -0.385 e. The van der Waals surface area contributed by atoms with Gasteiger partial charge < -0.3 is 15.9 Å². The van der Waals surface area contributed by atoms with Gasteiger partial charge in [-0.3, -0.25) is 4.79 Å². The van der Waals surface area contributed by atoms with Gasteiger partial charge in [0.2, 0.25) is 5.91 Å². The number of hydrogen-bond acceptors (Lipinski definition) is 3. The number of aliphatic hydroxyl groups excluding tert-OH is 2. The third kappa shape index (κ3) is 2.66. The first-order valence-corrected chi connectivity index (χ1v) is 5.01. The summed E-state index contributed by atoms with van der Waals surface area (Å²) in [5.74, 6) is -0.934. The molecule has 76 valence electrons. The largest absolute Gasteiger partial charge is 0.385 e. The number of primary amides is 1. The Morgan fingerprint density at radius 3 is 2.57 bits per heavy atom. The number of amides is 1. The Labute approximate surface area is 94.9 Å². The van der Waals surface area contributed by atoms with Crippen LogP contribution >= 0.6 is 22.6 Å². The van der Waals surface area contributed by atoms with E-state index in [-0.39, 0.29) is 0 Å². The highest BCUT2D eigenvalue weighted by Gasteiger charge is 2.23. The maximum atomic E-state index is 10.6. The van der Waals surface area contributed by atoms with Crippen molar-refractivity contribution < 1.29 is 15.0 Å². The molecule has 0 saturated carbocycles. The lowest BCUT2D eigenvalue weighted by atomic mass is 10.0. The van der Waals surface area contributed by atoms with Crippen LogP contribution in [0.25, 0.3) is 0 Å². The van der Waals surface area contributed by atoms with Gasteiger partial charge in [-0.05, 0) is 40.3 Å². The summed E-state index contributed by atoms with van der Waals surface area (Å²) in [5.41, 5.74) is 5.34. The van der Waals surface area contributed by atoms with Gasteiger partial charge in [0.25, 0.3) is 0 Å². The average Bonchev–Trinajstić information content (AvgIpc) is 2.15. The Bertz CT molecular complexity index is 343.